The number of ether oxygens (including phenoxy) is 1. The number of aromatic nitrogens is 1. The Kier molecular flexibility index (Phi) is 4.69. The van der Waals surface area contributed by atoms with Crippen LogP contribution >= 0.6 is 0 Å². The lowest BCUT2D eigenvalue weighted by atomic mass is 9.83. The molecule has 1 aromatic rings. The second-order valence-electron chi connectivity index (χ2n) is 5.34. The maximum atomic E-state index is 9.64. The third-order valence-corrected chi connectivity index (χ3v) is 3.55. The van der Waals surface area contributed by atoms with Gasteiger partial charge in [0.15, 0.2) is 0 Å². The molecule has 0 amide bonds. The summed E-state index contributed by atoms with van der Waals surface area (Å²) in [6.45, 7) is 3.45. The topological polar surface area (TPSA) is 45.6 Å². The molecule has 2 heterocycles. The summed E-state index contributed by atoms with van der Waals surface area (Å²) in [6.07, 6.45) is 5.72. The summed E-state index contributed by atoms with van der Waals surface area (Å²) in [7, 11) is 2.09. The minimum absolute atomic E-state index is 0.0833. The van der Waals surface area contributed by atoms with Crippen molar-refractivity contribution in [3.63, 3.8) is 0 Å². The average Bonchev–Trinajstić information content (AvgIpc) is 2.41. The Balaban J connectivity index is 1.91. The van der Waals surface area contributed by atoms with Crippen LogP contribution in [0.1, 0.15) is 18.4 Å². The molecule has 1 fully saturated rings. The molecule has 1 saturated heterocycles. The Hall–Kier alpha value is -0.970. The molecule has 18 heavy (non-hydrogen) atoms. The third kappa shape index (κ3) is 3.51. The summed E-state index contributed by atoms with van der Waals surface area (Å²) in [5.41, 5.74) is 1.16. The zero-order chi connectivity index (χ0) is 12.8. The van der Waals surface area contributed by atoms with E-state index < -0.39 is 0 Å². The fourth-order valence-electron chi connectivity index (χ4n) is 2.64. The lowest BCUT2D eigenvalue weighted by molar-refractivity contribution is -0.0531. The number of nitrogens with zero attached hydrogens (tertiary/aromatic N) is 2. The van der Waals surface area contributed by atoms with E-state index in [-0.39, 0.29) is 12.0 Å². The Morgan fingerprint density at radius 3 is 2.83 bits per heavy atom. The summed E-state index contributed by atoms with van der Waals surface area (Å²) in [5, 5.41) is 9.64. The van der Waals surface area contributed by atoms with Gasteiger partial charge in [-0.25, -0.2) is 0 Å². The van der Waals surface area contributed by atoms with Gasteiger partial charge in [-0.1, -0.05) is 0 Å². The fourth-order valence-corrected chi connectivity index (χ4v) is 2.64. The molecule has 2 rings (SSSR count). The molecule has 1 aliphatic heterocycles. The molecule has 1 unspecified atom stereocenters. The van der Waals surface area contributed by atoms with Crippen LogP contribution in [0.4, 0.5) is 0 Å². The normalized spacial score (nSPS) is 24.4. The summed E-state index contributed by atoms with van der Waals surface area (Å²) < 4.78 is 5.53. The molecule has 0 aliphatic carbocycles. The number of hydrogen-bond acceptors (Lipinski definition) is 4. The standard InChI is InChI=1S/C14H22N2O2/c1-16(9-13-3-6-15-7-4-13)10-14(11-17)5-2-8-18-12-14/h3-4,6-7,17H,2,5,8-12H2,1H3. The van der Waals surface area contributed by atoms with Crippen molar-refractivity contribution in [2.75, 3.05) is 33.4 Å². The van der Waals surface area contributed by atoms with E-state index in [1.807, 2.05) is 24.5 Å². The number of hydrogen-bond donors (Lipinski definition) is 1. The third-order valence-electron chi connectivity index (χ3n) is 3.55. The monoisotopic (exact) mass is 250 g/mol. The molecule has 0 bridgehead atoms. The first-order valence-corrected chi connectivity index (χ1v) is 6.50. The van der Waals surface area contributed by atoms with E-state index in [2.05, 4.69) is 16.9 Å². The predicted molar refractivity (Wildman–Crippen MR) is 70.1 cm³/mol. The van der Waals surface area contributed by atoms with Gasteiger partial charge in [-0.05, 0) is 37.6 Å². The van der Waals surface area contributed by atoms with Gasteiger partial charge in [0.1, 0.15) is 0 Å². The Bertz CT molecular complexity index is 350. The quantitative estimate of drug-likeness (QED) is 0.855. The zero-order valence-corrected chi connectivity index (χ0v) is 11.0. The zero-order valence-electron chi connectivity index (χ0n) is 11.0. The van der Waals surface area contributed by atoms with E-state index in [0.29, 0.717) is 6.61 Å². The van der Waals surface area contributed by atoms with Gasteiger partial charge in [0.25, 0.3) is 0 Å². The van der Waals surface area contributed by atoms with Crippen LogP contribution in [0.3, 0.4) is 0 Å². The van der Waals surface area contributed by atoms with Crippen molar-refractivity contribution in [2.24, 2.45) is 5.41 Å². The molecule has 1 aliphatic rings. The first-order valence-electron chi connectivity index (χ1n) is 6.50. The molecule has 1 atom stereocenters. The van der Waals surface area contributed by atoms with Gasteiger partial charge in [-0.3, -0.25) is 4.98 Å². The van der Waals surface area contributed by atoms with E-state index >= 15 is 0 Å². The second kappa shape index (κ2) is 6.27. The summed E-state index contributed by atoms with van der Waals surface area (Å²) in [6, 6.07) is 4.05. The van der Waals surface area contributed by atoms with Gasteiger partial charge in [0, 0.05) is 37.5 Å². The second-order valence-corrected chi connectivity index (χ2v) is 5.34. The van der Waals surface area contributed by atoms with Gasteiger partial charge in [-0.15, -0.1) is 0 Å². The van der Waals surface area contributed by atoms with Crippen molar-refractivity contribution in [1.29, 1.82) is 0 Å². The van der Waals surface area contributed by atoms with Gasteiger partial charge < -0.3 is 14.7 Å². The smallest absolute Gasteiger partial charge is 0.0556 e. The van der Waals surface area contributed by atoms with E-state index in [0.717, 1.165) is 32.5 Å². The van der Waals surface area contributed by atoms with Crippen LogP contribution in [-0.2, 0) is 11.3 Å². The van der Waals surface area contributed by atoms with Crippen LogP contribution in [0.25, 0.3) is 0 Å². The summed E-state index contributed by atoms with van der Waals surface area (Å²) >= 11 is 0. The minimum Gasteiger partial charge on any atom is -0.396 e. The van der Waals surface area contributed by atoms with Crippen LogP contribution in [-0.4, -0.2) is 48.4 Å². The Morgan fingerprint density at radius 1 is 1.44 bits per heavy atom. The maximum Gasteiger partial charge on any atom is 0.0556 e. The fraction of sp³-hybridized carbons (Fsp3) is 0.643. The van der Waals surface area contributed by atoms with E-state index in [4.69, 9.17) is 4.74 Å². The van der Waals surface area contributed by atoms with Gasteiger partial charge >= 0.3 is 0 Å². The molecule has 0 aromatic carbocycles. The molecular weight excluding hydrogens is 228 g/mol. The molecular formula is C14H22N2O2. The first kappa shape index (κ1) is 13.5. The first-order chi connectivity index (χ1) is 8.74. The average molecular weight is 250 g/mol. The molecule has 4 heteroatoms. The van der Waals surface area contributed by atoms with Gasteiger partial charge in [0.05, 0.1) is 13.2 Å². The van der Waals surface area contributed by atoms with Gasteiger partial charge in [0.2, 0.25) is 0 Å². The number of aliphatic hydroxyl groups excluding tert-OH is 1. The minimum atomic E-state index is -0.0833. The highest BCUT2D eigenvalue weighted by Gasteiger charge is 2.33. The maximum absolute atomic E-state index is 9.64. The molecule has 0 radical (unpaired) electrons. The molecule has 4 nitrogen and oxygen atoms in total. The van der Waals surface area contributed by atoms with E-state index in [1.165, 1.54) is 5.56 Å². The number of aliphatic hydroxyl groups is 1. The molecule has 0 spiro atoms. The lowest BCUT2D eigenvalue weighted by Gasteiger charge is -2.38. The van der Waals surface area contributed by atoms with Crippen molar-refractivity contribution in [3.05, 3.63) is 30.1 Å². The number of rotatable bonds is 5. The van der Waals surface area contributed by atoms with Crippen molar-refractivity contribution in [3.8, 4) is 0 Å². The highest BCUT2D eigenvalue weighted by Crippen LogP contribution is 2.29. The van der Waals surface area contributed by atoms with E-state index in [1.54, 1.807) is 0 Å². The van der Waals surface area contributed by atoms with Crippen molar-refractivity contribution in [2.45, 2.75) is 19.4 Å². The van der Waals surface area contributed by atoms with E-state index in [9.17, 15) is 5.11 Å². The Morgan fingerprint density at radius 2 is 2.22 bits per heavy atom. The lowest BCUT2D eigenvalue weighted by Crippen LogP contribution is -2.44. The summed E-state index contributed by atoms with van der Waals surface area (Å²) in [5.74, 6) is 0. The van der Waals surface area contributed by atoms with Gasteiger partial charge in [-0.2, -0.15) is 0 Å². The van der Waals surface area contributed by atoms with Crippen LogP contribution in [0.2, 0.25) is 0 Å². The predicted octanol–water partition coefficient (Wildman–Crippen LogP) is 1.30. The van der Waals surface area contributed by atoms with Crippen molar-refractivity contribution >= 4 is 0 Å². The molecule has 1 N–H and O–H groups in total. The van der Waals surface area contributed by atoms with Crippen molar-refractivity contribution < 1.29 is 9.84 Å². The molecule has 100 valence electrons. The SMILES string of the molecule is CN(Cc1ccncc1)CC1(CO)CCCOC1. The Labute approximate surface area is 109 Å². The van der Waals surface area contributed by atoms with Crippen LogP contribution in [0.15, 0.2) is 24.5 Å². The highest BCUT2D eigenvalue weighted by atomic mass is 16.5. The van der Waals surface area contributed by atoms with Crippen LogP contribution in [0, 0.1) is 5.41 Å². The number of pyridine rings is 1. The summed E-state index contributed by atoms with van der Waals surface area (Å²) in [4.78, 5) is 6.27. The van der Waals surface area contributed by atoms with Crippen molar-refractivity contribution in [1.82, 2.24) is 9.88 Å². The molecule has 0 saturated carbocycles. The van der Waals surface area contributed by atoms with Crippen LogP contribution in [0.5, 0.6) is 0 Å². The van der Waals surface area contributed by atoms with Crippen LogP contribution < -0.4 is 0 Å². The largest absolute Gasteiger partial charge is 0.396 e. The molecule has 1 aromatic heterocycles. The highest BCUT2D eigenvalue weighted by molar-refractivity contribution is 5.09.